The largest absolute Gasteiger partial charge is 0.394 e. The van der Waals surface area contributed by atoms with E-state index in [-0.39, 0.29) is 39.0 Å². The summed E-state index contributed by atoms with van der Waals surface area (Å²) in [5, 5.41) is 9.32. The number of halogens is 3. The van der Waals surface area contributed by atoms with Gasteiger partial charge in [0.15, 0.2) is 0 Å². The first-order valence-corrected chi connectivity index (χ1v) is 5.31. The monoisotopic (exact) mass is 221 g/mol. The van der Waals surface area contributed by atoms with Gasteiger partial charge in [-0.1, -0.05) is 0 Å². The van der Waals surface area contributed by atoms with Crippen LogP contribution in [0.4, 0.5) is 13.2 Å². The third-order valence-corrected chi connectivity index (χ3v) is 4.36. The molecule has 1 aliphatic carbocycles. The standard InChI is InChI=1S/C10H14F3NO/c11-7-1-9(6-15)3-8(4-10(8,12)13)5-14(9)2-7/h7,15H,1-6H2. The average molecular weight is 221 g/mol. The molecule has 3 unspecified atom stereocenters. The van der Waals surface area contributed by atoms with E-state index in [1.54, 1.807) is 4.90 Å². The molecule has 0 bridgehead atoms. The van der Waals surface area contributed by atoms with Gasteiger partial charge in [-0.3, -0.25) is 4.90 Å². The molecule has 0 amide bonds. The van der Waals surface area contributed by atoms with Crippen molar-refractivity contribution in [2.75, 3.05) is 19.7 Å². The molecule has 86 valence electrons. The number of aliphatic hydroxyl groups is 1. The molecule has 3 aliphatic rings. The molecular formula is C10H14F3NO. The molecule has 0 aromatic rings. The molecule has 0 aromatic heterocycles. The van der Waals surface area contributed by atoms with E-state index < -0.39 is 23.0 Å². The third kappa shape index (κ3) is 1.08. The van der Waals surface area contributed by atoms with Crippen molar-refractivity contribution < 1.29 is 18.3 Å². The summed E-state index contributed by atoms with van der Waals surface area (Å²) in [6.45, 7) is 0.255. The van der Waals surface area contributed by atoms with Crippen molar-refractivity contribution in [2.45, 2.75) is 36.9 Å². The zero-order valence-electron chi connectivity index (χ0n) is 8.35. The van der Waals surface area contributed by atoms with Crippen LogP contribution in [0.25, 0.3) is 0 Å². The highest BCUT2D eigenvalue weighted by molar-refractivity contribution is 5.22. The minimum Gasteiger partial charge on any atom is -0.394 e. The fourth-order valence-electron chi connectivity index (χ4n) is 3.47. The Hall–Kier alpha value is -0.290. The Labute approximate surface area is 86.1 Å². The number of hydrogen-bond acceptors (Lipinski definition) is 2. The van der Waals surface area contributed by atoms with Crippen molar-refractivity contribution in [1.29, 1.82) is 0 Å². The van der Waals surface area contributed by atoms with Gasteiger partial charge in [0.25, 0.3) is 5.92 Å². The molecule has 3 fully saturated rings. The molecule has 5 heteroatoms. The van der Waals surface area contributed by atoms with Crippen LogP contribution in [0.1, 0.15) is 19.3 Å². The molecule has 1 spiro atoms. The van der Waals surface area contributed by atoms with E-state index in [0.29, 0.717) is 0 Å². The number of hydrogen-bond donors (Lipinski definition) is 1. The number of nitrogens with zero attached hydrogens (tertiary/aromatic N) is 1. The Morgan fingerprint density at radius 2 is 2.00 bits per heavy atom. The number of fused-ring (bicyclic) bond motifs is 1. The van der Waals surface area contributed by atoms with Gasteiger partial charge < -0.3 is 5.11 Å². The Morgan fingerprint density at radius 1 is 1.33 bits per heavy atom. The highest BCUT2D eigenvalue weighted by atomic mass is 19.3. The van der Waals surface area contributed by atoms with Gasteiger partial charge in [-0.15, -0.1) is 0 Å². The van der Waals surface area contributed by atoms with Crippen LogP contribution in [0.15, 0.2) is 0 Å². The van der Waals surface area contributed by atoms with Crippen molar-refractivity contribution in [3.63, 3.8) is 0 Å². The lowest BCUT2D eigenvalue weighted by Gasteiger charge is -2.28. The molecule has 1 saturated carbocycles. The molecular weight excluding hydrogens is 207 g/mol. The van der Waals surface area contributed by atoms with Gasteiger partial charge in [-0.2, -0.15) is 0 Å². The second kappa shape index (κ2) is 2.51. The summed E-state index contributed by atoms with van der Waals surface area (Å²) < 4.78 is 39.6. The summed E-state index contributed by atoms with van der Waals surface area (Å²) in [6, 6.07) is 0. The molecule has 2 nitrogen and oxygen atoms in total. The van der Waals surface area contributed by atoms with Crippen molar-refractivity contribution >= 4 is 0 Å². The van der Waals surface area contributed by atoms with E-state index in [9.17, 15) is 18.3 Å². The Balaban J connectivity index is 1.86. The van der Waals surface area contributed by atoms with Gasteiger partial charge >= 0.3 is 0 Å². The first kappa shape index (κ1) is 9.90. The maximum atomic E-state index is 13.2. The van der Waals surface area contributed by atoms with E-state index in [1.807, 2.05) is 0 Å². The van der Waals surface area contributed by atoms with Crippen molar-refractivity contribution in [3.8, 4) is 0 Å². The molecule has 2 aliphatic heterocycles. The van der Waals surface area contributed by atoms with Gasteiger partial charge in [-0.05, 0) is 6.42 Å². The first-order valence-electron chi connectivity index (χ1n) is 5.31. The second-order valence-corrected chi connectivity index (χ2v) is 5.40. The second-order valence-electron chi connectivity index (χ2n) is 5.40. The van der Waals surface area contributed by atoms with Crippen LogP contribution in [-0.4, -0.2) is 47.3 Å². The summed E-state index contributed by atoms with van der Waals surface area (Å²) in [6.07, 6.45) is -0.595. The summed E-state index contributed by atoms with van der Waals surface area (Å²) in [7, 11) is 0. The zero-order valence-corrected chi connectivity index (χ0v) is 8.35. The zero-order chi connectivity index (χ0) is 10.9. The lowest BCUT2D eigenvalue weighted by atomic mass is 9.88. The van der Waals surface area contributed by atoms with Gasteiger partial charge in [0.1, 0.15) is 6.17 Å². The van der Waals surface area contributed by atoms with E-state index in [1.165, 1.54) is 0 Å². The minimum absolute atomic E-state index is 0.0881. The van der Waals surface area contributed by atoms with Gasteiger partial charge in [0.05, 0.1) is 12.0 Å². The van der Waals surface area contributed by atoms with Crippen LogP contribution in [0.3, 0.4) is 0 Å². The van der Waals surface area contributed by atoms with Crippen molar-refractivity contribution in [2.24, 2.45) is 5.41 Å². The number of aliphatic hydroxyl groups excluding tert-OH is 1. The first-order chi connectivity index (χ1) is 6.93. The normalized spacial score (nSPS) is 52.4. The molecule has 2 heterocycles. The molecule has 3 rings (SSSR count). The fourth-order valence-corrected chi connectivity index (χ4v) is 3.47. The Kier molecular flexibility index (Phi) is 1.66. The van der Waals surface area contributed by atoms with Crippen molar-refractivity contribution in [3.05, 3.63) is 0 Å². The minimum atomic E-state index is -2.59. The number of alkyl halides is 3. The number of rotatable bonds is 1. The molecule has 15 heavy (non-hydrogen) atoms. The van der Waals surface area contributed by atoms with Crippen LogP contribution in [-0.2, 0) is 0 Å². The van der Waals surface area contributed by atoms with Crippen LogP contribution >= 0.6 is 0 Å². The molecule has 2 saturated heterocycles. The van der Waals surface area contributed by atoms with E-state index >= 15 is 0 Å². The maximum absolute atomic E-state index is 13.2. The lowest BCUT2D eigenvalue weighted by molar-refractivity contribution is 0.0630. The quantitative estimate of drug-likeness (QED) is 0.719. The SMILES string of the molecule is OCC12CC(F)CN1CC1(C2)CC1(F)F. The molecule has 0 radical (unpaired) electrons. The predicted molar refractivity (Wildman–Crippen MR) is 47.5 cm³/mol. The van der Waals surface area contributed by atoms with E-state index in [4.69, 9.17) is 0 Å². The van der Waals surface area contributed by atoms with Gasteiger partial charge in [-0.25, -0.2) is 13.2 Å². The Bertz CT molecular complexity index is 311. The topological polar surface area (TPSA) is 23.5 Å². The van der Waals surface area contributed by atoms with E-state index in [0.717, 1.165) is 0 Å². The molecule has 3 atom stereocenters. The summed E-state index contributed by atoms with van der Waals surface area (Å²) in [4.78, 5) is 1.73. The fraction of sp³-hybridized carbons (Fsp3) is 1.00. The summed E-state index contributed by atoms with van der Waals surface area (Å²) in [5.74, 6) is -2.59. The lowest BCUT2D eigenvalue weighted by Crippen LogP contribution is -2.41. The third-order valence-electron chi connectivity index (χ3n) is 4.36. The van der Waals surface area contributed by atoms with Crippen LogP contribution < -0.4 is 0 Å². The Morgan fingerprint density at radius 3 is 2.47 bits per heavy atom. The van der Waals surface area contributed by atoms with Crippen LogP contribution in [0.5, 0.6) is 0 Å². The smallest absolute Gasteiger partial charge is 0.255 e. The average Bonchev–Trinajstić information content (AvgIpc) is 2.38. The summed E-state index contributed by atoms with van der Waals surface area (Å²) >= 11 is 0. The highest BCUT2D eigenvalue weighted by Gasteiger charge is 2.77. The molecule has 0 aromatic carbocycles. The van der Waals surface area contributed by atoms with Crippen molar-refractivity contribution in [1.82, 2.24) is 4.90 Å². The maximum Gasteiger partial charge on any atom is 0.255 e. The van der Waals surface area contributed by atoms with Crippen LogP contribution in [0, 0.1) is 5.41 Å². The van der Waals surface area contributed by atoms with Crippen LogP contribution in [0.2, 0.25) is 0 Å². The van der Waals surface area contributed by atoms with E-state index in [2.05, 4.69) is 0 Å². The predicted octanol–water partition coefficient (Wildman–Crippen LogP) is 1.19. The van der Waals surface area contributed by atoms with Gasteiger partial charge in [0.2, 0.25) is 0 Å². The molecule has 1 N–H and O–H groups in total. The van der Waals surface area contributed by atoms with Gasteiger partial charge in [0, 0.05) is 31.5 Å². The summed E-state index contributed by atoms with van der Waals surface area (Å²) in [5.41, 5.74) is -1.64. The highest BCUT2D eigenvalue weighted by Crippen LogP contribution is 2.69.